The number of rotatable bonds is 9. The molecule has 0 bridgehead atoms. The minimum atomic E-state index is -1.80. The number of hydrogen-bond acceptors (Lipinski definition) is 2. The lowest BCUT2D eigenvalue weighted by Gasteiger charge is -2.22. The Hall–Kier alpha value is -1.22. The molecule has 0 aliphatic heterocycles. The lowest BCUT2D eigenvalue weighted by atomic mass is 10.1. The summed E-state index contributed by atoms with van der Waals surface area (Å²) in [5.41, 5.74) is 0. The molecule has 20 heavy (non-hydrogen) atoms. The van der Waals surface area contributed by atoms with Gasteiger partial charge < -0.3 is 8.83 Å². The van der Waals surface area contributed by atoms with Gasteiger partial charge in [0.1, 0.15) is 0 Å². The molecule has 2 aromatic heterocycles. The zero-order chi connectivity index (χ0) is 14.3. The maximum atomic E-state index is 5.72. The fraction of sp³-hybridized carbons (Fsp3) is 0.529. The molecule has 2 aromatic rings. The van der Waals surface area contributed by atoms with Gasteiger partial charge >= 0.3 is 0 Å². The second-order valence-corrected chi connectivity index (χ2v) is 9.95. The molecule has 0 spiro atoms. The summed E-state index contributed by atoms with van der Waals surface area (Å²) in [6.45, 7) is 4.62. The molecule has 0 fully saturated rings. The highest BCUT2D eigenvalue weighted by Crippen LogP contribution is 2.17. The lowest BCUT2D eigenvalue weighted by Crippen LogP contribution is -2.54. The van der Waals surface area contributed by atoms with E-state index >= 15 is 0 Å². The van der Waals surface area contributed by atoms with Crippen LogP contribution in [0, 0.1) is 0 Å². The molecule has 2 heterocycles. The second kappa shape index (κ2) is 7.53. The van der Waals surface area contributed by atoms with E-state index < -0.39 is 8.07 Å². The summed E-state index contributed by atoms with van der Waals surface area (Å²) in [6, 6.07) is 9.42. The smallest absolute Gasteiger partial charge is 0.203 e. The average molecular weight is 290 g/mol. The van der Waals surface area contributed by atoms with Crippen LogP contribution < -0.4 is 10.8 Å². The summed E-state index contributed by atoms with van der Waals surface area (Å²) in [7, 11) is -1.80. The molecule has 0 aliphatic carbocycles. The van der Waals surface area contributed by atoms with Crippen LogP contribution in [0.1, 0.15) is 45.4 Å². The van der Waals surface area contributed by atoms with E-state index in [1.165, 1.54) is 44.6 Å². The molecule has 2 nitrogen and oxygen atoms in total. The van der Waals surface area contributed by atoms with E-state index in [4.69, 9.17) is 8.83 Å². The van der Waals surface area contributed by atoms with Crippen LogP contribution in [0.2, 0.25) is 12.6 Å². The van der Waals surface area contributed by atoms with Crippen LogP contribution in [0.25, 0.3) is 0 Å². The van der Waals surface area contributed by atoms with Crippen molar-refractivity contribution >= 4 is 18.8 Å². The van der Waals surface area contributed by atoms with Gasteiger partial charge in [-0.1, -0.05) is 52.0 Å². The first-order chi connectivity index (χ1) is 9.77. The van der Waals surface area contributed by atoms with Gasteiger partial charge in [0.15, 0.2) is 0 Å². The Morgan fingerprint density at radius 1 is 0.850 bits per heavy atom. The van der Waals surface area contributed by atoms with Crippen molar-refractivity contribution in [2.45, 2.75) is 58.0 Å². The van der Waals surface area contributed by atoms with Gasteiger partial charge in [-0.15, -0.1) is 0 Å². The molecule has 0 atom stereocenters. The molecule has 110 valence electrons. The van der Waals surface area contributed by atoms with Crippen LogP contribution in [0.5, 0.6) is 0 Å². The molecule has 3 heteroatoms. The Bertz CT molecular complexity index is 425. The van der Waals surface area contributed by atoms with Crippen molar-refractivity contribution in [2.75, 3.05) is 0 Å². The first-order valence-electron chi connectivity index (χ1n) is 7.85. The fourth-order valence-electron chi connectivity index (χ4n) is 2.81. The average Bonchev–Trinajstić information content (AvgIpc) is 3.15. The van der Waals surface area contributed by atoms with E-state index in [1.54, 1.807) is 12.5 Å². The minimum absolute atomic E-state index is 1.14. The van der Waals surface area contributed by atoms with E-state index in [-0.39, 0.29) is 0 Å². The molecule has 0 unspecified atom stereocenters. The SMILES string of the molecule is CCCCCCCC[Si](C)(c1ccco1)c1ccco1. The predicted octanol–water partition coefficient (Wildman–Crippen LogP) is 4.43. The van der Waals surface area contributed by atoms with Gasteiger partial charge in [0.05, 0.1) is 23.3 Å². The van der Waals surface area contributed by atoms with E-state index in [9.17, 15) is 0 Å². The monoisotopic (exact) mass is 290 g/mol. The summed E-state index contributed by atoms with van der Waals surface area (Å²) in [5.74, 6) is 0. The third kappa shape index (κ3) is 3.66. The van der Waals surface area contributed by atoms with Crippen LogP contribution in [0.4, 0.5) is 0 Å². The molecule has 0 saturated carbocycles. The zero-order valence-corrected chi connectivity index (χ0v) is 13.7. The van der Waals surface area contributed by atoms with E-state index in [1.807, 2.05) is 12.1 Å². The Morgan fingerprint density at radius 2 is 1.40 bits per heavy atom. The van der Waals surface area contributed by atoms with Crippen LogP contribution in [0.3, 0.4) is 0 Å². The first kappa shape index (κ1) is 15.2. The summed E-state index contributed by atoms with van der Waals surface area (Å²) >= 11 is 0. The van der Waals surface area contributed by atoms with Gasteiger partial charge in [-0.25, -0.2) is 0 Å². The van der Waals surface area contributed by atoms with Gasteiger partial charge in [-0.05, 0) is 30.3 Å². The predicted molar refractivity (Wildman–Crippen MR) is 86.5 cm³/mol. The first-order valence-corrected chi connectivity index (χ1v) is 10.6. The van der Waals surface area contributed by atoms with Gasteiger partial charge in [-0.3, -0.25) is 0 Å². The Kier molecular flexibility index (Phi) is 5.71. The van der Waals surface area contributed by atoms with Crippen LogP contribution in [-0.2, 0) is 0 Å². The van der Waals surface area contributed by atoms with Crippen molar-refractivity contribution in [1.29, 1.82) is 0 Å². The van der Waals surface area contributed by atoms with Crippen molar-refractivity contribution in [1.82, 2.24) is 0 Å². The summed E-state index contributed by atoms with van der Waals surface area (Å²) < 4.78 is 11.4. The number of hydrogen-bond donors (Lipinski definition) is 0. The van der Waals surface area contributed by atoms with Crippen LogP contribution >= 0.6 is 0 Å². The number of furan rings is 2. The third-order valence-electron chi connectivity index (χ3n) is 4.16. The normalized spacial score (nSPS) is 11.9. The van der Waals surface area contributed by atoms with E-state index in [0.29, 0.717) is 0 Å². The van der Waals surface area contributed by atoms with Crippen molar-refractivity contribution in [3.63, 3.8) is 0 Å². The van der Waals surface area contributed by atoms with Crippen molar-refractivity contribution < 1.29 is 8.83 Å². The van der Waals surface area contributed by atoms with Crippen molar-refractivity contribution in [3.05, 3.63) is 36.8 Å². The quantitative estimate of drug-likeness (QED) is 0.504. The fourth-order valence-corrected chi connectivity index (χ4v) is 6.09. The summed E-state index contributed by atoms with van der Waals surface area (Å²) in [6.07, 6.45) is 11.6. The van der Waals surface area contributed by atoms with Gasteiger partial charge in [0, 0.05) is 0 Å². The molecule has 0 aromatic carbocycles. The Labute approximate surface area is 123 Å². The number of unbranched alkanes of at least 4 members (excludes halogenated alkanes) is 5. The molecule has 0 N–H and O–H groups in total. The largest absolute Gasteiger partial charge is 0.474 e. The van der Waals surface area contributed by atoms with Crippen LogP contribution in [0.15, 0.2) is 45.6 Å². The molecular weight excluding hydrogens is 264 g/mol. The highest BCUT2D eigenvalue weighted by molar-refractivity contribution is 6.99. The van der Waals surface area contributed by atoms with Crippen molar-refractivity contribution in [2.24, 2.45) is 0 Å². The van der Waals surface area contributed by atoms with Gasteiger partial charge in [0.25, 0.3) is 0 Å². The molecule has 0 aliphatic rings. The highest BCUT2D eigenvalue weighted by atomic mass is 28.3. The van der Waals surface area contributed by atoms with E-state index in [2.05, 4.69) is 25.6 Å². The Balaban J connectivity index is 1.95. The maximum Gasteiger partial charge on any atom is 0.203 e. The summed E-state index contributed by atoms with van der Waals surface area (Å²) in [4.78, 5) is 0. The van der Waals surface area contributed by atoms with Crippen LogP contribution in [-0.4, -0.2) is 8.07 Å². The molecule has 2 rings (SSSR count). The zero-order valence-electron chi connectivity index (χ0n) is 12.7. The van der Waals surface area contributed by atoms with E-state index in [0.717, 1.165) is 10.8 Å². The third-order valence-corrected chi connectivity index (χ3v) is 8.26. The van der Waals surface area contributed by atoms with Crippen molar-refractivity contribution in [3.8, 4) is 0 Å². The lowest BCUT2D eigenvalue weighted by molar-refractivity contribution is 0.579. The molecule has 0 radical (unpaired) electrons. The van der Waals surface area contributed by atoms with Gasteiger partial charge in [-0.2, -0.15) is 0 Å². The molecular formula is C17H26O2Si. The molecule has 0 saturated heterocycles. The molecule has 0 amide bonds. The standard InChI is InChI=1S/C17H26O2Si/c1-3-4-5-6-7-8-15-20(2,16-11-9-13-18-16)17-12-10-14-19-17/h9-14H,3-8,15H2,1-2H3. The highest BCUT2D eigenvalue weighted by Gasteiger charge is 2.37. The Morgan fingerprint density at radius 3 is 1.90 bits per heavy atom. The minimum Gasteiger partial charge on any atom is -0.474 e. The topological polar surface area (TPSA) is 26.3 Å². The van der Waals surface area contributed by atoms with Gasteiger partial charge in [0.2, 0.25) is 8.07 Å². The second-order valence-electron chi connectivity index (χ2n) is 5.80. The maximum absolute atomic E-state index is 5.72. The summed E-state index contributed by atoms with van der Waals surface area (Å²) in [5, 5.41) is 2.28.